The molecule has 3 rings (SSSR count). The zero-order chi connectivity index (χ0) is 16.2. The molecule has 0 aromatic heterocycles. The first kappa shape index (κ1) is 16.3. The fourth-order valence-corrected chi connectivity index (χ4v) is 2.76. The molecule has 1 aromatic carbocycles. The van der Waals surface area contributed by atoms with E-state index in [0.29, 0.717) is 48.5 Å². The maximum Gasteiger partial charge on any atom is 0.250 e. The van der Waals surface area contributed by atoms with Gasteiger partial charge < -0.3 is 30.0 Å². The van der Waals surface area contributed by atoms with Gasteiger partial charge in [0.1, 0.15) is 19.3 Å². The summed E-state index contributed by atoms with van der Waals surface area (Å²) in [5, 5.41) is 16.4. The second-order valence-electron chi connectivity index (χ2n) is 5.35. The Hall–Kier alpha value is -1.54. The van der Waals surface area contributed by atoms with Crippen molar-refractivity contribution < 1.29 is 24.1 Å². The molecule has 8 heteroatoms. The predicted octanol–water partition coefficient (Wildman–Crippen LogP) is 0.249. The number of halogens is 1. The first-order valence-electron chi connectivity index (χ1n) is 7.52. The number of morpholine rings is 1. The van der Waals surface area contributed by atoms with Gasteiger partial charge in [-0.25, -0.2) is 0 Å². The van der Waals surface area contributed by atoms with E-state index in [9.17, 15) is 9.90 Å². The quantitative estimate of drug-likeness (QED) is 0.727. The Balaban J connectivity index is 1.60. The minimum Gasteiger partial charge on any atom is -0.486 e. The molecule has 1 saturated heterocycles. The van der Waals surface area contributed by atoms with Crippen LogP contribution in [0.2, 0.25) is 5.02 Å². The third kappa shape index (κ3) is 3.87. The van der Waals surface area contributed by atoms with Crippen LogP contribution in [0.3, 0.4) is 0 Å². The summed E-state index contributed by atoms with van der Waals surface area (Å²) in [5.74, 6) is 0.739. The number of hydrogen-bond acceptors (Lipinski definition) is 6. The highest BCUT2D eigenvalue weighted by Gasteiger charge is 2.23. The molecule has 0 spiro atoms. The molecule has 1 amide bonds. The Bertz CT molecular complexity index is 577. The maximum absolute atomic E-state index is 12.0. The van der Waals surface area contributed by atoms with Crippen molar-refractivity contribution in [3.8, 4) is 11.5 Å². The van der Waals surface area contributed by atoms with Crippen molar-refractivity contribution in [3.63, 3.8) is 0 Å². The van der Waals surface area contributed by atoms with Crippen LogP contribution in [0, 0.1) is 0 Å². The highest BCUT2D eigenvalue weighted by Crippen LogP contribution is 2.39. The molecule has 2 unspecified atom stereocenters. The number of carbonyl (C=O) groups excluding carboxylic acids is 1. The monoisotopic (exact) mass is 342 g/mol. The zero-order valence-electron chi connectivity index (χ0n) is 12.5. The van der Waals surface area contributed by atoms with Crippen molar-refractivity contribution in [2.24, 2.45) is 0 Å². The lowest BCUT2D eigenvalue weighted by atomic mass is 10.1. The number of amides is 1. The topological polar surface area (TPSA) is 89.1 Å². The van der Waals surface area contributed by atoms with Crippen molar-refractivity contribution in [1.82, 2.24) is 10.6 Å². The molecule has 0 bridgehead atoms. The van der Waals surface area contributed by atoms with E-state index in [0.717, 1.165) is 6.54 Å². The Morgan fingerprint density at radius 2 is 2.22 bits per heavy atom. The van der Waals surface area contributed by atoms with E-state index in [1.807, 2.05) is 0 Å². The molecule has 2 heterocycles. The van der Waals surface area contributed by atoms with Crippen LogP contribution < -0.4 is 20.1 Å². The number of benzene rings is 1. The molecule has 2 aliphatic heterocycles. The number of fused-ring (bicyclic) bond motifs is 1. The van der Waals surface area contributed by atoms with Crippen LogP contribution in [0.15, 0.2) is 12.1 Å². The number of hydrogen-bond donors (Lipinski definition) is 3. The van der Waals surface area contributed by atoms with E-state index in [1.54, 1.807) is 12.1 Å². The largest absolute Gasteiger partial charge is 0.486 e. The molecule has 1 fully saturated rings. The molecule has 2 aliphatic rings. The summed E-state index contributed by atoms with van der Waals surface area (Å²) >= 11 is 6.14. The van der Waals surface area contributed by atoms with Crippen molar-refractivity contribution in [2.75, 3.05) is 39.5 Å². The molecular weight excluding hydrogens is 324 g/mol. The molecule has 2 atom stereocenters. The second-order valence-corrected chi connectivity index (χ2v) is 5.76. The van der Waals surface area contributed by atoms with Gasteiger partial charge in [-0.3, -0.25) is 4.79 Å². The van der Waals surface area contributed by atoms with Crippen LogP contribution in [0.25, 0.3) is 0 Å². The molecule has 1 aromatic rings. The Morgan fingerprint density at radius 3 is 3.00 bits per heavy atom. The highest BCUT2D eigenvalue weighted by molar-refractivity contribution is 6.32. The standard InChI is InChI=1S/C15H19ClN2O5/c16-10-5-9(6-12-14(10)23-4-3-22-12)11(19)7-18-15(20)13-8-17-1-2-21-13/h5-6,11,13,17,19H,1-4,7-8H2,(H,18,20). The van der Waals surface area contributed by atoms with Crippen LogP contribution in [-0.4, -0.2) is 56.6 Å². The first-order valence-corrected chi connectivity index (χ1v) is 7.90. The summed E-state index contributed by atoms with van der Waals surface area (Å²) in [6, 6.07) is 3.29. The molecule has 7 nitrogen and oxygen atoms in total. The van der Waals surface area contributed by atoms with E-state index in [2.05, 4.69) is 10.6 Å². The van der Waals surface area contributed by atoms with Crippen molar-refractivity contribution in [2.45, 2.75) is 12.2 Å². The number of carbonyl (C=O) groups is 1. The average molecular weight is 343 g/mol. The number of nitrogens with one attached hydrogen (secondary N) is 2. The van der Waals surface area contributed by atoms with Gasteiger partial charge in [-0.2, -0.15) is 0 Å². The third-order valence-corrected chi connectivity index (χ3v) is 3.97. The van der Waals surface area contributed by atoms with Crippen LogP contribution >= 0.6 is 11.6 Å². The minimum atomic E-state index is -0.899. The third-order valence-electron chi connectivity index (χ3n) is 3.69. The van der Waals surface area contributed by atoms with Gasteiger partial charge in [0.25, 0.3) is 5.91 Å². The molecule has 126 valence electrons. The fourth-order valence-electron chi connectivity index (χ4n) is 2.49. The van der Waals surface area contributed by atoms with Gasteiger partial charge in [0, 0.05) is 19.6 Å². The van der Waals surface area contributed by atoms with Crippen LogP contribution in [0.5, 0.6) is 11.5 Å². The summed E-state index contributed by atoms with van der Waals surface area (Å²) in [6.07, 6.45) is -1.43. The molecule has 0 radical (unpaired) electrons. The predicted molar refractivity (Wildman–Crippen MR) is 83.0 cm³/mol. The number of aliphatic hydroxyl groups is 1. The van der Waals surface area contributed by atoms with Gasteiger partial charge in [-0.05, 0) is 17.7 Å². The van der Waals surface area contributed by atoms with E-state index < -0.39 is 12.2 Å². The lowest BCUT2D eigenvalue weighted by Crippen LogP contribution is -2.48. The lowest BCUT2D eigenvalue weighted by Gasteiger charge is -2.24. The Morgan fingerprint density at radius 1 is 1.39 bits per heavy atom. The average Bonchev–Trinajstić information content (AvgIpc) is 2.60. The SMILES string of the molecule is O=C(NCC(O)c1cc(Cl)c2c(c1)OCCO2)C1CNCCO1. The summed E-state index contributed by atoms with van der Waals surface area (Å²) in [5.41, 5.74) is 0.558. The summed E-state index contributed by atoms with van der Waals surface area (Å²) in [6.45, 7) is 2.65. The molecule has 0 saturated carbocycles. The van der Waals surface area contributed by atoms with E-state index in [1.165, 1.54) is 0 Å². The van der Waals surface area contributed by atoms with Crippen molar-refractivity contribution >= 4 is 17.5 Å². The van der Waals surface area contributed by atoms with Gasteiger partial charge in [-0.15, -0.1) is 0 Å². The molecule has 3 N–H and O–H groups in total. The first-order chi connectivity index (χ1) is 11.1. The van der Waals surface area contributed by atoms with Gasteiger partial charge in [-0.1, -0.05) is 11.6 Å². The van der Waals surface area contributed by atoms with E-state index >= 15 is 0 Å². The summed E-state index contributed by atoms with van der Waals surface area (Å²) in [7, 11) is 0. The lowest BCUT2D eigenvalue weighted by molar-refractivity contribution is -0.134. The number of rotatable bonds is 4. The van der Waals surface area contributed by atoms with Gasteiger partial charge in [0.2, 0.25) is 0 Å². The molecule has 23 heavy (non-hydrogen) atoms. The van der Waals surface area contributed by atoms with E-state index in [-0.39, 0.29) is 12.5 Å². The summed E-state index contributed by atoms with van der Waals surface area (Å²) < 4.78 is 16.3. The Kier molecular flexibility index (Phi) is 5.22. The maximum atomic E-state index is 12.0. The zero-order valence-corrected chi connectivity index (χ0v) is 13.3. The van der Waals surface area contributed by atoms with Crippen LogP contribution in [0.4, 0.5) is 0 Å². The smallest absolute Gasteiger partial charge is 0.250 e. The molecule has 0 aliphatic carbocycles. The van der Waals surface area contributed by atoms with Gasteiger partial charge in [0.15, 0.2) is 11.5 Å². The van der Waals surface area contributed by atoms with Crippen molar-refractivity contribution in [1.29, 1.82) is 0 Å². The Labute approximate surface area is 138 Å². The van der Waals surface area contributed by atoms with Crippen LogP contribution in [0.1, 0.15) is 11.7 Å². The number of aliphatic hydroxyl groups excluding tert-OH is 1. The molecular formula is C15H19ClN2O5. The van der Waals surface area contributed by atoms with Gasteiger partial charge in [0.05, 0.1) is 17.7 Å². The number of ether oxygens (including phenoxy) is 3. The van der Waals surface area contributed by atoms with Crippen molar-refractivity contribution in [3.05, 3.63) is 22.7 Å². The van der Waals surface area contributed by atoms with E-state index in [4.69, 9.17) is 25.8 Å². The highest BCUT2D eigenvalue weighted by atomic mass is 35.5. The normalized spacial score (nSPS) is 21.6. The van der Waals surface area contributed by atoms with Crippen LogP contribution in [-0.2, 0) is 9.53 Å². The fraction of sp³-hybridized carbons (Fsp3) is 0.533. The minimum absolute atomic E-state index is 0.0642. The second kappa shape index (κ2) is 7.35. The summed E-state index contributed by atoms with van der Waals surface area (Å²) in [4.78, 5) is 12.0. The van der Waals surface area contributed by atoms with Gasteiger partial charge >= 0.3 is 0 Å².